The maximum absolute atomic E-state index is 12.1. The van der Waals surface area contributed by atoms with Crippen LogP contribution in [0.1, 0.15) is 12.5 Å². The molecule has 1 amide bonds. The van der Waals surface area contributed by atoms with Gasteiger partial charge in [0.1, 0.15) is 0 Å². The quantitative estimate of drug-likeness (QED) is 0.719. The number of phenolic OH excluding ortho intramolecular Hbond substituents is 1. The molecule has 1 heterocycles. The lowest BCUT2D eigenvalue weighted by Gasteiger charge is -2.06. The first-order chi connectivity index (χ1) is 12.0. The fourth-order valence-electron chi connectivity index (χ4n) is 2.16. The summed E-state index contributed by atoms with van der Waals surface area (Å²) in [5, 5.41) is 13.0. The molecule has 0 atom stereocenters. The van der Waals surface area contributed by atoms with E-state index >= 15 is 0 Å². The van der Waals surface area contributed by atoms with Crippen molar-refractivity contribution in [1.82, 2.24) is 5.32 Å². The average molecular weight is 419 g/mol. The summed E-state index contributed by atoms with van der Waals surface area (Å²) < 4.78 is 6.33. The molecule has 1 fully saturated rings. The first kappa shape index (κ1) is 17.6. The molecule has 2 aromatic rings. The number of hydrogen-bond donors (Lipinski definition) is 2. The zero-order valence-corrected chi connectivity index (χ0v) is 15.7. The lowest BCUT2D eigenvalue weighted by atomic mass is 10.2. The van der Waals surface area contributed by atoms with Crippen molar-refractivity contribution < 1.29 is 14.6 Å². The lowest BCUT2D eigenvalue weighted by Crippen LogP contribution is -2.19. The van der Waals surface area contributed by atoms with E-state index in [9.17, 15) is 9.90 Å². The first-order valence-corrected chi connectivity index (χ1v) is 9.17. The summed E-state index contributed by atoms with van der Waals surface area (Å²) >= 11 is 4.65. The number of carbonyl (C=O) groups excluding carboxylic acids is 1. The van der Waals surface area contributed by atoms with Gasteiger partial charge in [-0.15, -0.1) is 0 Å². The Balaban J connectivity index is 1.81. The van der Waals surface area contributed by atoms with Gasteiger partial charge in [0.15, 0.2) is 16.7 Å². The number of halogens is 1. The monoisotopic (exact) mass is 418 g/mol. The molecule has 0 spiro atoms. The number of rotatable bonds is 4. The number of nitrogens with one attached hydrogen (secondary N) is 1. The third kappa shape index (κ3) is 4.43. The van der Waals surface area contributed by atoms with Gasteiger partial charge in [-0.1, -0.05) is 22.0 Å². The molecule has 3 rings (SSSR count). The molecule has 0 radical (unpaired) electrons. The van der Waals surface area contributed by atoms with Crippen LogP contribution in [0.5, 0.6) is 11.5 Å². The number of ether oxygens (including phenoxy) is 1. The molecular weight excluding hydrogens is 404 g/mol. The number of hydrogen-bond acceptors (Lipinski definition) is 5. The summed E-state index contributed by atoms with van der Waals surface area (Å²) in [6.45, 7) is 2.29. The van der Waals surface area contributed by atoms with Crippen LogP contribution in [0.4, 0.5) is 5.69 Å². The van der Waals surface area contributed by atoms with Crippen molar-refractivity contribution in [2.45, 2.75) is 6.92 Å². The highest BCUT2D eigenvalue weighted by molar-refractivity contribution is 9.10. The number of benzene rings is 2. The van der Waals surface area contributed by atoms with Crippen LogP contribution in [-0.2, 0) is 4.79 Å². The Bertz CT molecular complexity index is 863. The van der Waals surface area contributed by atoms with Gasteiger partial charge in [-0.25, -0.2) is 4.99 Å². The molecule has 7 heteroatoms. The standard InChI is InChI=1S/C18H15BrN2O3S/c1-2-24-15-9-11(3-8-14(15)22)10-16-17(23)21-18(25-16)20-13-6-4-12(19)5-7-13/h3-10,22H,2H2,1H3,(H,20,21,23). The molecule has 1 aliphatic heterocycles. The minimum absolute atomic E-state index is 0.0741. The Morgan fingerprint density at radius 2 is 2.04 bits per heavy atom. The molecule has 1 aliphatic rings. The van der Waals surface area contributed by atoms with Gasteiger partial charge >= 0.3 is 0 Å². The highest BCUT2D eigenvalue weighted by atomic mass is 79.9. The maximum atomic E-state index is 12.1. The first-order valence-electron chi connectivity index (χ1n) is 7.56. The zero-order chi connectivity index (χ0) is 17.8. The normalized spacial score (nSPS) is 17.1. The maximum Gasteiger partial charge on any atom is 0.264 e. The van der Waals surface area contributed by atoms with Crippen molar-refractivity contribution in [3.05, 3.63) is 57.4 Å². The van der Waals surface area contributed by atoms with Crippen LogP contribution >= 0.6 is 27.7 Å². The van der Waals surface area contributed by atoms with Gasteiger partial charge in [-0.3, -0.25) is 4.79 Å². The second-order valence-corrected chi connectivity index (χ2v) is 7.06. The fraction of sp³-hybridized carbons (Fsp3) is 0.111. The van der Waals surface area contributed by atoms with E-state index < -0.39 is 0 Å². The van der Waals surface area contributed by atoms with Crippen LogP contribution in [0.2, 0.25) is 0 Å². The summed E-state index contributed by atoms with van der Waals surface area (Å²) in [6.07, 6.45) is 1.74. The van der Waals surface area contributed by atoms with Crippen molar-refractivity contribution in [3.8, 4) is 11.5 Å². The van der Waals surface area contributed by atoms with Crippen LogP contribution in [0.15, 0.2) is 56.8 Å². The second kappa shape index (κ2) is 7.76. The van der Waals surface area contributed by atoms with Crippen molar-refractivity contribution in [2.24, 2.45) is 4.99 Å². The van der Waals surface area contributed by atoms with Crippen molar-refractivity contribution in [3.63, 3.8) is 0 Å². The van der Waals surface area contributed by atoms with E-state index in [0.717, 1.165) is 15.7 Å². The molecule has 0 unspecified atom stereocenters. The predicted molar refractivity (Wildman–Crippen MR) is 104 cm³/mol. The van der Waals surface area contributed by atoms with Gasteiger partial charge in [0, 0.05) is 4.47 Å². The SMILES string of the molecule is CCOc1cc(C=C2SC(=Nc3ccc(Br)cc3)NC2=O)ccc1O. The average Bonchev–Trinajstić information content (AvgIpc) is 2.92. The van der Waals surface area contributed by atoms with E-state index in [1.807, 2.05) is 31.2 Å². The van der Waals surface area contributed by atoms with E-state index in [-0.39, 0.29) is 11.7 Å². The highest BCUT2D eigenvalue weighted by Crippen LogP contribution is 2.31. The van der Waals surface area contributed by atoms with Crippen molar-refractivity contribution in [1.29, 1.82) is 0 Å². The van der Waals surface area contributed by atoms with E-state index in [1.54, 1.807) is 24.3 Å². The van der Waals surface area contributed by atoms with E-state index in [2.05, 4.69) is 26.2 Å². The molecule has 5 nitrogen and oxygen atoms in total. The van der Waals surface area contributed by atoms with Gasteiger partial charge in [-0.2, -0.15) is 0 Å². The molecule has 25 heavy (non-hydrogen) atoms. The number of aromatic hydroxyl groups is 1. The molecular formula is C18H15BrN2O3S. The van der Waals surface area contributed by atoms with Crippen LogP contribution in [0, 0.1) is 0 Å². The predicted octanol–water partition coefficient (Wildman–Crippen LogP) is 4.45. The molecule has 0 bridgehead atoms. The van der Waals surface area contributed by atoms with E-state index in [1.165, 1.54) is 11.8 Å². The molecule has 0 aromatic heterocycles. The number of thioether (sulfide) groups is 1. The third-order valence-electron chi connectivity index (χ3n) is 3.29. The Labute approximate surface area is 157 Å². The van der Waals surface area contributed by atoms with Gasteiger partial charge in [-0.05, 0) is 66.7 Å². The number of amides is 1. The molecule has 128 valence electrons. The summed E-state index contributed by atoms with van der Waals surface area (Å²) in [6, 6.07) is 12.5. The Kier molecular flexibility index (Phi) is 5.45. The van der Waals surface area contributed by atoms with Gasteiger partial charge in [0.2, 0.25) is 0 Å². The Morgan fingerprint density at radius 3 is 2.76 bits per heavy atom. The molecule has 2 aromatic carbocycles. The minimum Gasteiger partial charge on any atom is -0.504 e. The number of nitrogens with zero attached hydrogens (tertiary/aromatic N) is 1. The number of phenols is 1. The van der Waals surface area contributed by atoms with E-state index in [0.29, 0.717) is 22.4 Å². The smallest absolute Gasteiger partial charge is 0.264 e. The third-order valence-corrected chi connectivity index (χ3v) is 4.73. The molecule has 2 N–H and O–H groups in total. The Morgan fingerprint density at radius 1 is 1.28 bits per heavy atom. The zero-order valence-electron chi connectivity index (χ0n) is 13.3. The second-order valence-electron chi connectivity index (χ2n) is 5.12. The van der Waals surface area contributed by atoms with Crippen LogP contribution in [0.3, 0.4) is 0 Å². The van der Waals surface area contributed by atoms with Crippen molar-refractivity contribution in [2.75, 3.05) is 6.61 Å². The summed E-state index contributed by atoms with van der Waals surface area (Å²) in [4.78, 5) is 17.1. The van der Waals surface area contributed by atoms with Gasteiger partial charge in [0.05, 0.1) is 17.2 Å². The van der Waals surface area contributed by atoms with Gasteiger partial charge < -0.3 is 15.2 Å². The summed E-state index contributed by atoms with van der Waals surface area (Å²) in [7, 11) is 0. The van der Waals surface area contributed by atoms with Gasteiger partial charge in [0.25, 0.3) is 5.91 Å². The molecule has 0 aliphatic carbocycles. The molecule has 1 saturated heterocycles. The summed E-state index contributed by atoms with van der Waals surface area (Å²) in [5.74, 6) is 0.265. The number of aliphatic imine (C=N–C) groups is 1. The Hall–Kier alpha value is -2.25. The summed E-state index contributed by atoms with van der Waals surface area (Å²) in [5.41, 5.74) is 1.53. The topological polar surface area (TPSA) is 70.9 Å². The lowest BCUT2D eigenvalue weighted by molar-refractivity contribution is -0.115. The minimum atomic E-state index is -0.202. The number of amidine groups is 1. The largest absolute Gasteiger partial charge is 0.504 e. The fourth-order valence-corrected chi connectivity index (χ4v) is 3.26. The van der Waals surface area contributed by atoms with Crippen LogP contribution in [0.25, 0.3) is 6.08 Å². The highest BCUT2D eigenvalue weighted by Gasteiger charge is 2.23. The van der Waals surface area contributed by atoms with Crippen LogP contribution in [-0.4, -0.2) is 22.8 Å². The van der Waals surface area contributed by atoms with Crippen molar-refractivity contribution >= 4 is 50.5 Å². The number of carbonyl (C=O) groups is 1. The van der Waals surface area contributed by atoms with Crippen LogP contribution < -0.4 is 10.1 Å². The molecule has 0 saturated carbocycles. The van der Waals surface area contributed by atoms with E-state index in [4.69, 9.17) is 4.74 Å².